The summed E-state index contributed by atoms with van der Waals surface area (Å²) in [6.07, 6.45) is 4.02. The lowest BCUT2D eigenvalue weighted by Gasteiger charge is -2.42. The van der Waals surface area contributed by atoms with Crippen molar-refractivity contribution in [3.05, 3.63) is 40.7 Å². The molecule has 256 valence electrons. The first-order chi connectivity index (χ1) is 23.9. The lowest BCUT2D eigenvalue weighted by atomic mass is 9.90. The Hall–Kier alpha value is -3.67. The van der Waals surface area contributed by atoms with Crippen LogP contribution in [0.2, 0.25) is 0 Å². The second-order valence-electron chi connectivity index (χ2n) is 14.3. The minimum Gasteiger partial charge on any atom is -0.461 e. The zero-order chi connectivity index (χ0) is 33.4. The number of nitrogens with two attached hydrogens (primary N) is 1. The number of rotatable bonds is 8. The van der Waals surface area contributed by atoms with Crippen molar-refractivity contribution >= 4 is 43.1 Å². The van der Waals surface area contributed by atoms with Gasteiger partial charge in [0.15, 0.2) is 5.82 Å². The molecule has 7 heterocycles. The van der Waals surface area contributed by atoms with Crippen molar-refractivity contribution in [3.63, 3.8) is 0 Å². The van der Waals surface area contributed by atoms with Crippen molar-refractivity contribution < 1.29 is 23.4 Å². The summed E-state index contributed by atoms with van der Waals surface area (Å²) < 4.78 is 45.4. The van der Waals surface area contributed by atoms with Gasteiger partial charge in [0.2, 0.25) is 0 Å². The Kier molecular flexibility index (Phi) is 7.66. The van der Waals surface area contributed by atoms with Crippen molar-refractivity contribution in [2.24, 2.45) is 0 Å². The molecule has 5 aliphatic rings. The van der Waals surface area contributed by atoms with E-state index in [9.17, 15) is 14.8 Å². The number of aliphatic hydroxyl groups excluding tert-OH is 1. The predicted octanol–water partition coefficient (Wildman–Crippen LogP) is 5.13. The minimum atomic E-state index is -0.899. The first kappa shape index (κ1) is 31.3. The van der Waals surface area contributed by atoms with Gasteiger partial charge < -0.3 is 25.2 Å². The van der Waals surface area contributed by atoms with E-state index < -0.39 is 17.5 Å². The molecule has 10 nitrogen and oxygen atoms in total. The molecular formula is C36H39F2N7O3S. The quantitative estimate of drug-likeness (QED) is 0.258. The molecule has 4 fully saturated rings. The molecule has 49 heavy (non-hydrogen) atoms. The number of hydrogen-bond acceptors (Lipinski definition) is 11. The van der Waals surface area contributed by atoms with Crippen LogP contribution >= 0.6 is 11.3 Å². The summed E-state index contributed by atoms with van der Waals surface area (Å²) in [6, 6.07) is 8.26. The first-order valence-corrected chi connectivity index (χ1v) is 18.2. The number of nitrogens with zero attached hydrogens (tertiary/aromatic N) is 6. The van der Waals surface area contributed by atoms with Gasteiger partial charge in [-0.25, -0.2) is 8.78 Å². The number of alkyl halides is 1. The molecule has 4 aromatic rings. The average molecular weight is 688 g/mol. The molecule has 0 radical (unpaired) electrons. The number of ether oxygens (including phenoxy) is 2. The van der Waals surface area contributed by atoms with Crippen molar-refractivity contribution in [2.45, 2.75) is 75.5 Å². The van der Waals surface area contributed by atoms with E-state index in [1.54, 1.807) is 0 Å². The van der Waals surface area contributed by atoms with Gasteiger partial charge in [-0.05, 0) is 61.4 Å². The third kappa shape index (κ3) is 4.90. The maximum atomic E-state index is 17.5. The van der Waals surface area contributed by atoms with E-state index in [1.807, 2.05) is 18.2 Å². The molecule has 9 rings (SSSR count). The number of nitrogen functional groups attached to an aromatic ring is 1. The third-order valence-corrected chi connectivity index (χ3v) is 12.5. The van der Waals surface area contributed by atoms with E-state index in [2.05, 4.69) is 20.8 Å². The number of aromatic nitrogens is 2. The molecule has 0 saturated carbocycles. The molecule has 3 N–H and O–H groups in total. The fraction of sp³-hybridized carbons (Fsp3) is 0.528. The van der Waals surface area contributed by atoms with Crippen LogP contribution in [0.3, 0.4) is 0 Å². The summed E-state index contributed by atoms with van der Waals surface area (Å²) in [5.74, 6) is 0.154. The molecule has 2 aromatic carbocycles. The topological polar surface area (TPSA) is 124 Å². The maximum absolute atomic E-state index is 17.5. The Balaban J connectivity index is 1.22. The number of thiophene rings is 1. The lowest BCUT2D eigenvalue weighted by molar-refractivity contribution is 0.107. The largest absolute Gasteiger partial charge is 0.461 e. The summed E-state index contributed by atoms with van der Waals surface area (Å²) >= 11 is 1.32. The summed E-state index contributed by atoms with van der Waals surface area (Å²) in [5.41, 5.74) is 8.90. The van der Waals surface area contributed by atoms with Crippen LogP contribution in [0.15, 0.2) is 18.2 Å². The highest BCUT2D eigenvalue weighted by Crippen LogP contribution is 2.48. The number of anilines is 2. The molecule has 4 atom stereocenters. The van der Waals surface area contributed by atoms with Crippen molar-refractivity contribution in [2.75, 3.05) is 56.6 Å². The van der Waals surface area contributed by atoms with Crippen molar-refractivity contribution in [1.82, 2.24) is 19.8 Å². The molecule has 13 heteroatoms. The lowest BCUT2D eigenvalue weighted by Crippen LogP contribution is -2.54. The number of benzene rings is 2. The second kappa shape index (κ2) is 12.0. The van der Waals surface area contributed by atoms with Gasteiger partial charge in [0.05, 0.1) is 29.7 Å². The molecule has 2 aromatic heterocycles. The molecular weight excluding hydrogens is 649 g/mol. The Bertz CT molecular complexity index is 2000. The van der Waals surface area contributed by atoms with Crippen LogP contribution in [-0.4, -0.2) is 94.6 Å². The number of hydrogen-bond donors (Lipinski definition) is 2. The van der Waals surface area contributed by atoms with E-state index in [4.69, 9.17) is 25.2 Å². The van der Waals surface area contributed by atoms with Crippen LogP contribution < -0.4 is 15.4 Å². The zero-order valence-electron chi connectivity index (χ0n) is 27.3. The van der Waals surface area contributed by atoms with E-state index in [0.717, 1.165) is 74.1 Å². The van der Waals surface area contributed by atoms with Crippen LogP contribution in [-0.2, 0) is 18.0 Å². The third-order valence-electron chi connectivity index (χ3n) is 11.5. The Morgan fingerprint density at radius 2 is 1.96 bits per heavy atom. The van der Waals surface area contributed by atoms with E-state index >= 15 is 4.39 Å². The van der Waals surface area contributed by atoms with Crippen LogP contribution in [0.5, 0.6) is 6.01 Å². The normalized spacial score (nSPS) is 26.6. The highest BCUT2D eigenvalue weighted by Gasteiger charge is 2.50. The Labute approximate surface area is 287 Å². The zero-order valence-corrected chi connectivity index (χ0v) is 28.1. The number of likely N-dealkylation sites (tertiary alicyclic amines) is 1. The Morgan fingerprint density at radius 3 is 2.76 bits per heavy atom. The molecule has 0 amide bonds. The average Bonchev–Trinajstić information content (AvgIpc) is 3.90. The van der Waals surface area contributed by atoms with E-state index in [1.165, 1.54) is 11.3 Å². The predicted molar refractivity (Wildman–Crippen MR) is 184 cm³/mol. The van der Waals surface area contributed by atoms with Gasteiger partial charge >= 0.3 is 6.01 Å². The molecule has 5 aliphatic heterocycles. The number of piperazine rings is 1. The van der Waals surface area contributed by atoms with Gasteiger partial charge in [-0.1, -0.05) is 12.1 Å². The molecule has 2 bridgehead atoms. The van der Waals surface area contributed by atoms with Crippen LogP contribution in [0.25, 0.3) is 32.1 Å². The summed E-state index contributed by atoms with van der Waals surface area (Å²) in [6.45, 7) is 4.62. The van der Waals surface area contributed by atoms with Crippen LogP contribution in [0.4, 0.5) is 19.6 Å². The van der Waals surface area contributed by atoms with Gasteiger partial charge in [-0.2, -0.15) is 15.2 Å². The fourth-order valence-electron chi connectivity index (χ4n) is 9.47. The van der Waals surface area contributed by atoms with Crippen molar-refractivity contribution in [3.8, 4) is 23.2 Å². The maximum Gasteiger partial charge on any atom is 0.319 e. The first-order valence-electron chi connectivity index (χ1n) is 17.4. The molecule has 0 aliphatic carbocycles. The number of fused-ring (bicyclic) bond motifs is 7. The second-order valence-corrected chi connectivity index (χ2v) is 15.4. The highest BCUT2D eigenvalue weighted by atomic mass is 32.1. The van der Waals surface area contributed by atoms with Gasteiger partial charge in [0, 0.05) is 66.9 Å². The van der Waals surface area contributed by atoms with E-state index in [-0.39, 0.29) is 50.0 Å². The smallest absolute Gasteiger partial charge is 0.319 e. The van der Waals surface area contributed by atoms with Crippen molar-refractivity contribution in [1.29, 1.82) is 5.26 Å². The van der Waals surface area contributed by atoms with Gasteiger partial charge in [0.25, 0.3) is 0 Å². The molecule has 2 unspecified atom stereocenters. The van der Waals surface area contributed by atoms with Crippen LogP contribution in [0.1, 0.15) is 55.2 Å². The molecule has 4 saturated heterocycles. The monoisotopic (exact) mass is 687 g/mol. The molecule has 0 spiro atoms. The Morgan fingerprint density at radius 1 is 1.14 bits per heavy atom. The van der Waals surface area contributed by atoms with Crippen LogP contribution in [0, 0.1) is 17.1 Å². The van der Waals surface area contributed by atoms with Gasteiger partial charge in [-0.15, -0.1) is 11.3 Å². The number of halogens is 2. The number of nitriles is 1. The SMILES string of the molecule is N#Cc1c(N)sc2cccc(-c3c4c(c5c(N6C7CCC6CN(CCCO)C7)nc(OC[C@@]67CCCN6C[C@H](F)C7)nc5c3F)COC4)c12. The summed E-state index contributed by atoms with van der Waals surface area (Å²) in [4.78, 5) is 16.8. The number of aliphatic hydroxyl groups is 1. The van der Waals surface area contributed by atoms with Gasteiger partial charge in [0.1, 0.15) is 35.2 Å². The van der Waals surface area contributed by atoms with Gasteiger partial charge in [-0.3, -0.25) is 9.80 Å². The fourth-order valence-corrected chi connectivity index (χ4v) is 10.4. The summed E-state index contributed by atoms with van der Waals surface area (Å²) in [7, 11) is 0. The highest BCUT2D eigenvalue weighted by molar-refractivity contribution is 7.23. The minimum absolute atomic E-state index is 0.0903. The standard InChI is InChI=1S/C36H39F2N7O3S/c37-20-12-36(8-2-10-44(36)14-20)19-48-35-41-32-30(34(42-35)45-21-6-7-22(45)16-43(15-21)9-3-11-46)26-18-47-17-25(26)29(31(32)38)23-4-1-5-27-28(23)24(13-39)33(40)49-27/h1,4-5,20-22,46H,2-3,6-12,14-19,40H2/t20-,21?,22?,36+/m1/s1. The summed E-state index contributed by atoms with van der Waals surface area (Å²) in [5, 5.41) is 21.2. The van der Waals surface area contributed by atoms with E-state index in [0.29, 0.717) is 51.2 Å².